The molecule has 2 aromatic carbocycles. The van der Waals surface area contributed by atoms with E-state index in [1.165, 1.54) is 29.6 Å². The highest BCUT2D eigenvalue weighted by Gasteiger charge is 2.84. The van der Waals surface area contributed by atoms with Gasteiger partial charge in [-0.15, -0.1) is 0 Å². The van der Waals surface area contributed by atoms with Crippen molar-refractivity contribution in [2.24, 2.45) is 0 Å². The van der Waals surface area contributed by atoms with E-state index in [1.54, 1.807) is 12.1 Å². The number of fused-ring (bicyclic) bond motifs is 5. The monoisotopic (exact) mass is 576 g/mol. The standard InChI is InChI=1S/C25H25FN4O11/c26-16-10-13(12-29-6-8-39-9-7-29)4-5-14(16)11-27-17-3-1-2-15-18(17)24(37)30(19(15)31)22(34)20(32)28-21(33)23(35,36)25(22,38)41-40-24/h1-5,10,27,34-38H,6-9,11-12H2,(H,28,32,33). The topological polar surface area (TPSA) is 211 Å². The van der Waals surface area contributed by atoms with Gasteiger partial charge in [0.25, 0.3) is 23.4 Å². The number of imide groups is 1. The van der Waals surface area contributed by atoms with Crippen molar-refractivity contribution in [2.45, 2.75) is 36.3 Å². The molecule has 2 aromatic rings. The molecule has 218 valence electrons. The van der Waals surface area contributed by atoms with E-state index in [2.05, 4.69) is 15.1 Å². The Morgan fingerprint density at radius 3 is 2.41 bits per heavy atom. The van der Waals surface area contributed by atoms with Crippen LogP contribution in [0.4, 0.5) is 10.1 Å². The highest BCUT2D eigenvalue weighted by Crippen LogP contribution is 2.54. The molecule has 7 N–H and O–H groups in total. The van der Waals surface area contributed by atoms with Gasteiger partial charge in [-0.1, -0.05) is 18.2 Å². The number of anilines is 1. The molecule has 4 aliphatic heterocycles. The van der Waals surface area contributed by atoms with E-state index in [0.717, 1.165) is 18.7 Å². The fourth-order valence-corrected chi connectivity index (χ4v) is 5.40. The summed E-state index contributed by atoms with van der Waals surface area (Å²) < 4.78 is 20.3. The van der Waals surface area contributed by atoms with Crippen LogP contribution < -0.4 is 10.6 Å². The molecule has 16 heteroatoms. The molecule has 41 heavy (non-hydrogen) atoms. The summed E-state index contributed by atoms with van der Waals surface area (Å²) in [5.41, 5.74) is -3.59. The van der Waals surface area contributed by atoms with Crippen molar-refractivity contribution < 1.29 is 58.8 Å². The maximum absolute atomic E-state index is 15.0. The normalized spacial score (nSPS) is 30.9. The average Bonchev–Trinajstić information content (AvgIpc) is 3.18. The van der Waals surface area contributed by atoms with Crippen LogP contribution in [0.5, 0.6) is 0 Å². The summed E-state index contributed by atoms with van der Waals surface area (Å²) in [5, 5.41) is 58.2. The number of aliphatic hydroxyl groups is 5. The first-order valence-corrected chi connectivity index (χ1v) is 12.5. The fourth-order valence-electron chi connectivity index (χ4n) is 5.40. The Morgan fingerprint density at radius 1 is 0.976 bits per heavy atom. The minimum atomic E-state index is -4.02. The van der Waals surface area contributed by atoms with Crippen molar-refractivity contribution >= 4 is 23.4 Å². The summed E-state index contributed by atoms with van der Waals surface area (Å²) in [4.78, 5) is 49.5. The third-order valence-electron chi connectivity index (χ3n) is 7.63. The fraction of sp³-hybridized carbons (Fsp3) is 0.400. The van der Waals surface area contributed by atoms with Crippen molar-refractivity contribution in [3.05, 3.63) is 64.5 Å². The molecule has 0 radical (unpaired) electrons. The van der Waals surface area contributed by atoms with Crippen LogP contribution in [-0.4, -0.2) is 96.7 Å². The number of nitrogens with zero attached hydrogens (tertiary/aromatic N) is 2. The summed E-state index contributed by atoms with van der Waals surface area (Å²) in [6.45, 7) is 3.07. The van der Waals surface area contributed by atoms with E-state index in [1.807, 2.05) is 0 Å². The average molecular weight is 576 g/mol. The summed E-state index contributed by atoms with van der Waals surface area (Å²) >= 11 is 0. The van der Waals surface area contributed by atoms with Gasteiger partial charge in [0.1, 0.15) is 5.82 Å². The Labute approximate surface area is 230 Å². The molecule has 6 rings (SSSR count). The van der Waals surface area contributed by atoms with Gasteiger partial charge in [-0.25, -0.2) is 9.29 Å². The van der Waals surface area contributed by atoms with Gasteiger partial charge < -0.3 is 35.6 Å². The number of rotatable bonds is 5. The first kappa shape index (κ1) is 27.6. The highest BCUT2D eigenvalue weighted by molar-refractivity contribution is 6.11. The Bertz CT molecular complexity index is 1470. The number of benzene rings is 2. The smallest absolute Gasteiger partial charge is 0.321 e. The maximum Gasteiger partial charge on any atom is 0.321 e. The van der Waals surface area contributed by atoms with E-state index in [0.29, 0.717) is 19.8 Å². The molecule has 0 saturated carbocycles. The lowest BCUT2D eigenvalue weighted by atomic mass is 9.86. The number of morpholine rings is 1. The van der Waals surface area contributed by atoms with Crippen LogP contribution in [0.1, 0.15) is 27.0 Å². The van der Waals surface area contributed by atoms with E-state index in [4.69, 9.17) is 9.62 Å². The van der Waals surface area contributed by atoms with Crippen molar-refractivity contribution in [1.82, 2.24) is 15.1 Å². The SMILES string of the molecule is O=C1c2cccc(NCc3ccc(CN4CCOCC4)cc3F)c2C2(O)OOC3(O)C(O)(O)C(=O)NC(=O)C3(O)N12. The van der Waals surface area contributed by atoms with Gasteiger partial charge in [-0.2, -0.15) is 9.78 Å². The lowest BCUT2D eigenvalue weighted by Gasteiger charge is -2.57. The molecule has 3 unspecified atom stereocenters. The van der Waals surface area contributed by atoms with Gasteiger partial charge >= 0.3 is 17.5 Å². The zero-order valence-corrected chi connectivity index (χ0v) is 21.2. The molecule has 3 fully saturated rings. The first-order chi connectivity index (χ1) is 19.3. The van der Waals surface area contributed by atoms with Crippen molar-refractivity contribution in [3.63, 3.8) is 0 Å². The second kappa shape index (κ2) is 9.21. The van der Waals surface area contributed by atoms with Crippen LogP contribution in [0.15, 0.2) is 36.4 Å². The quantitative estimate of drug-likeness (QED) is 0.112. The number of piperidine rings is 1. The van der Waals surface area contributed by atoms with E-state index < -0.39 is 52.3 Å². The highest BCUT2D eigenvalue weighted by atomic mass is 19.1. The van der Waals surface area contributed by atoms with Crippen LogP contribution in [-0.2, 0) is 43.1 Å². The molecule has 15 nitrogen and oxygen atoms in total. The Kier molecular flexibility index (Phi) is 6.20. The first-order valence-electron chi connectivity index (χ1n) is 12.5. The summed E-state index contributed by atoms with van der Waals surface area (Å²) in [6, 6.07) is 8.65. The predicted octanol–water partition coefficient (Wildman–Crippen LogP) is -2.50. The number of carbonyl (C=O) groups is 3. The number of hydrogen-bond acceptors (Lipinski definition) is 13. The van der Waals surface area contributed by atoms with Gasteiger partial charge in [0, 0.05) is 37.4 Å². The van der Waals surface area contributed by atoms with Gasteiger partial charge in [-0.05, 0) is 23.8 Å². The molecule has 4 heterocycles. The van der Waals surface area contributed by atoms with Crippen molar-refractivity contribution in [2.75, 3.05) is 31.6 Å². The summed E-state index contributed by atoms with van der Waals surface area (Å²) in [5.74, 6) is -16.7. The van der Waals surface area contributed by atoms with Crippen molar-refractivity contribution in [3.8, 4) is 0 Å². The zero-order valence-electron chi connectivity index (χ0n) is 21.2. The van der Waals surface area contributed by atoms with E-state index >= 15 is 0 Å². The molecule has 0 bridgehead atoms. The third-order valence-corrected chi connectivity index (χ3v) is 7.63. The molecule has 3 saturated heterocycles. The summed E-state index contributed by atoms with van der Waals surface area (Å²) in [6.07, 6.45) is 0. The van der Waals surface area contributed by atoms with Crippen molar-refractivity contribution in [1.29, 1.82) is 0 Å². The number of nitrogens with one attached hydrogen (secondary N) is 2. The lowest BCUT2D eigenvalue weighted by molar-refractivity contribution is -0.620. The molecular formula is C25H25FN4O11. The van der Waals surface area contributed by atoms with Crippen LogP contribution in [0.2, 0.25) is 0 Å². The molecule has 0 aromatic heterocycles. The van der Waals surface area contributed by atoms with Crippen LogP contribution >= 0.6 is 0 Å². The number of ether oxygens (including phenoxy) is 1. The third kappa shape index (κ3) is 3.74. The molecule has 3 atom stereocenters. The molecule has 0 aliphatic carbocycles. The van der Waals surface area contributed by atoms with Gasteiger partial charge in [0.05, 0.1) is 24.3 Å². The number of amides is 3. The molecule has 4 aliphatic rings. The largest absolute Gasteiger partial charge is 0.380 e. The lowest BCUT2D eigenvalue weighted by Crippen LogP contribution is -2.90. The van der Waals surface area contributed by atoms with E-state index in [-0.39, 0.29) is 28.3 Å². The second-order valence-electron chi connectivity index (χ2n) is 10.1. The second-order valence-corrected chi connectivity index (χ2v) is 10.1. The zero-order chi connectivity index (χ0) is 29.4. The van der Waals surface area contributed by atoms with Crippen LogP contribution in [0.3, 0.4) is 0 Å². The minimum Gasteiger partial charge on any atom is -0.380 e. The molecule has 0 spiro atoms. The van der Waals surface area contributed by atoms with Crippen LogP contribution in [0, 0.1) is 5.82 Å². The molecular weight excluding hydrogens is 551 g/mol. The number of halogens is 1. The molecule has 3 amide bonds. The number of carbonyl (C=O) groups excluding carboxylic acids is 3. The van der Waals surface area contributed by atoms with Gasteiger partial charge in [-0.3, -0.25) is 24.6 Å². The minimum absolute atomic E-state index is 0.0261. The van der Waals surface area contributed by atoms with E-state index in [9.17, 15) is 44.3 Å². The predicted molar refractivity (Wildman–Crippen MR) is 129 cm³/mol. The summed E-state index contributed by atoms with van der Waals surface area (Å²) in [7, 11) is 0. The van der Waals surface area contributed by atoms with Gasteiger partial charge in [0.15, 0.2) is 0 Å². The Hall–Kier alpha value is -3.58. The Morgan fingerprint density at radius 2 is 1.71 bits per heavy atom. The van der Waals surface area contributed by atoms with Gasteiger partial charge in [0.2, 0.25) is 0 Å². The number of hydrogen-bond donors (Lipinski definition) is 7. The van der Waals surface area contributed by atoms with Crippen LogP contribution in [0.25, 0.3) is 0 Å². The Balaban J connectivity index is 1.29. The maximum atomic E-state index is 15.0.